The molecule has 2 aromatic carbocycles. The number of likely N-dealkylation sites (tertiary alicyclic amines) is 1. The van der Waals surface area contributed by atoms with Crippen molar-refractivity contribution in [3.8, 4) is 11.4 Å². The second-order valence-corrected chi connectivity index (χ2v) is 13.6. The maximum Gasteiger partial charge on any atom is 0.410 e. The van der Waals surface area contributed by atoms with Crippen molar-refractivity contribution >= 4 is 27.5 Å². The Morgan fingerprint density at radius 2 is 1.77 bits per heavy atom. The molecule has 2 saturated heterocycles. The summed E-state index contributed by atoms with van der Waals surface area (Å²) in [6.45, 7) is 8.18. The van der Waals surface area contributed by atoms with Crippen LogP contribution in [0.2, 0.25) is 0 Å². The predicted octanol–water partition coefficient (Wildman–Crippen LogP) is 3.29. The van der Waals surface area contributed by atoms with Gasteiger partial charge in [0.1, 0.15) is 11.4 Å². The summed E-state index contributed by atoms with van der Waals surface area (Å²) in [6.07, 6.45) is -0.326. The first kappa shape index (κ1) is 27.8. The fraction of sp³-hybridized carbons (Fsp3) is 0.429. The molecule has 2 N–H and O–H groups in total. The number of hydrogen-bond acceptors (Lipinski definition) is 8. The average Bonchev–Trinajstić information content (AvgIpc) is 3.33. The molecule has 12 heteroatoms. The minimum Gasteiger partial charge on any atom is -0.444 e. The zero-order chi connectivity index (χ0) is 28.5. The van der Waals surface area contributed by atoms with Crippen LogP contribution in [0.1, 0.15) is 48.4 Å². The van der Waals surface area contributed by atoms with Crippen LogP contribution >= 0.6 is 0 Å². The zero-order valence-electron chi connectivity index (χ0n) is 22.9. The number of anilines is 1. The fourth-order valence-electron chi connectivity index (χ4n) is 4.60. The quantitative estimate of drug-likeness (QED) is 0.464. The number of nitrogens with one attached hydrogen (secondary N) is 2. The predicted molar refractivity (Wildman–Crippen MR) is 151 cm³/mol. The van der Waals surface area contributed by atoms with Gasteiger partial charge in [0.2, 0.25) is 0 Å². The highest BCUT2D eigenvalue weighted by atomic mass is 32.2. The van der Waals surface area contributed by atoms with Crippen molar-refractivity contribution in [1.29, 1.82) is 0 Å². The maximum atomic E-state index is 12.9. The maximum absolute atomic E-state index is 12.9. The lowest BCUT2D eigenvalue weighted by atomic mass is 10.0. The van der Waals surface area contributed by atoms with Crippen molar-refractivity contribution in [3.05, 3.63) is 65.5 Å². The van der Waals surface area contributed by atoms with Crippen molar-refractivity contribution in [2.24, 2.45) is 0 Å². The van der Waals surface area contributed by atoms with Crippen LogP contribution in [0.3, 0.4) is 0 Å². The Kier molecular flexibility index (Phi) is 7.65. The molecule has 0 bridgehead atoms. The molecule has 0 radical (unpaired) electrons. The standard InChI is InChI=1S/C28H34N6O5S/c1-28(2,3)39-27(36)34-17-22(18-34)25-30-24(31-32-25)20-7-9-23(10-8-20)29-26(35)21-6-4-5-19(15-21)16-33-11-13-40(37,38)14-12-33/h4-10,15,22H,11-14,16-18H2,1-3H3,(H,29,35)(H,30,31,32). The van der Waals surface area contributed by atoms with Gasteiger partial charge in [-0.15, -0.1) is 0 Å². The molecule has 2 aliphatic rings. The summed E-state index contributed by atoms with van der Waals surface area (Å²) >= 11 is 0. The van der Waals surface area contributed by atoms with Crippen LogP contribution in [-0.2, 0) is 21.1 Å². The van der Waals surface area contributed by atoms with Crippen LogP contribution in [-0.4, -0.2) is 88.7 Å². The smallest absolute Gasteiger partial charge is 0.410 e. The first-order valence-electron chi connectivity index (χ1n) is 13.3. The Balaban J connectivity index is 1.14. The van der Waals surface area contributed by atoms with Crippen LogP contribution in [0.4, 0.5) is 10.5 Å². The lowest BCUT2D eigenvalue weighted by Crippen LogP contribution is -2.50. The first-order valence-corrected chi connectivity index (χ1v) is 15.1. The van der Waals surface area contributed by atoms with E-state index in [4.69, 9.17) is 4.74 Å². The van der Waals surface area contributed by atoms with Crippen molar-refractivity contribution in [3.63, 3.8) is 0 Å². The summed E-state index contributed by atoms with van der Waals surface area (Å²) in [6, 6.07) is 14.7. The minimum absolute atomic E-state index is 0.0750. The van der Waals surface area contributed by atoms with E-state index in [1.54, 1.807) is 23.1 Å². The van der Waals surface area contributed by atoms with Gasteiger partial charge in [0, 0.05) is 49.5 Å². The summed E-state index contributed by atoms with van der Waals surface area (Å²) in [7, 11) is -2.93. The fourth-order valence-corrected chi connectivity index (χ4v) is 5.87. The van der Waals surface area contributed by atoms with Gasteiger partial charge in [0.05, 0.1) is 17.4 Å². The van der Waals surface area contributed by atoms with Crippen molar-refractivity contribution in [1.82, 2.24) is 25.0 Å². The highest BCUT2D eigenvalue weighted by molar-refractivity contribution is 7.91. The molecule has 0 spiro atoms. The molecular formula is C28H34N6O5S. The molecular weight excluding hydrogens is 532 g/mol. The Labute approximate surface area is 233 Å². The lowest BCUT2D eigenvalue weighted by Gasteiger charge is -2.38. The van der Waals surface area contributed by atoms with Crippen molar-refractivity contribution in [2.75, 3.05) is 43.0 Å². The van der Waals surface area contributed by atoms with Gasteiger partial charge in [0.25, 0.3) is 5.91 Å². The van der Waals surface area contributed by atoms with Crippen LogP contribution in [0.5, 0.6) is 0 Å². The molecule has 212 valence electrons. The monoisotopic (exact) mass is 566 g/mol. The van der Waals surface area contributed by atoms with Crippen molar-refractivity contribution < 1.29 is 22.7 Å². The molecule has 40 heavy (non-hydrogen) atoms. The molecule has 0 aliphatic carbocycles. The van der Waals surface area contributed by atoms with Crippen molar-refractivity contribution in [2.45, 2.75) is 38.8 Å². The Morgan fingerprint density at radius 3 is 2.45 bits per heavy atom. The lowest BCUT2D eigenvalue weighted by molar-refractivity contribution is 0.00754. The number of sulfone groups is 1. The molecule has 3 heterocycles. The molecule has 0 saturated carbocycles. The van der Waals surface area contributed by atoms with E-state index in [2.05, 4.69) is 25.4 Å². The zero-order valence-corrected chi connectivity index (χ0v) is 23.7. The van der Waals surface area contributed by atoms with Gasteiger partial charge in [-0.05, 0) is 62.7 Å². The molecule has 2 fully saturated rings. The largest absolute Gasteiger partial charge is 0.444 e. The van der Waals surface area contributed by atoms with Crippen LogP contribution < -0.4 is 5.32 Å². The van der Waals surface area contributed by atoms with E-state index in [1.165, 1.54) is 0 Å². The number of aromatic nitrogens is 3. The molecule has 1 aromatic heterocycles. The third-order valence-corrected chi connectivity index (χ3v) is 8.47. The van der Waals surface area contributed by atoms with E-state index >= 15 is 0 Å². The van der Waals surface area contributed by atoms with Crippen LogP contribution in [0, 0.1) is 0 Å². The van der Waals surface area contributed by atoms with Gasteiger partial charge in [-0.1, -0.05) is 12.1 Å². The number of carbonyl (C=O) groups is 2. The van der Waals surface area contributed by atoms with Gasteiger partial charge in [-0.2, -0.15) is 5.10 Å². The molecule has 11 nitrogen and oxygen atoms in total. The number of carbonyl (C=O) groups excluding carboxylic acids is 2. The number of H-pyrrole nitrogens is 1. The van der Waals surface area contributed by atoms with Crippen LogP contribution in [0.15, 0.2) is 48.5 Å². The van der Waals surface area contributed by atoms with E-state index in [0.717, 1.165) is 17.0 Å². The number of ether oxygens (including phenoxy) is 1. The highest BCUT2D eigenvalue weighted by Gasteiger charge is 2.36. The number of benzene rings is 2. The van der Waals surface area contributed by atoms with E-state index in [0.29, 0.717) is 49.8 Å². The van der Waals surface area contributed by atoms with E-state index in [-0.39, 0.29) is 29.4 Å². The van der Waals surface area contributed by atoms with Gasteiger partial charge < -0.3 is 15.0 Å². The normalized spacial score (nSPS) is 17.7. The number of amides is 2. The summed E-state index contributed by atoms with van der Waals surface area (Å²) in [5, 5.41) is 10.2. The molecule has 2 amide bonds. The second kappa shape index (κ2) is 11.0. The summed E-state index contributed by atoms with van der Waals surface area (Å²) in [5.74, 6) is 1.46. The Morgan fingerprint density at radius 1 is 1.07 bits per heavy atom. The molecule has 0 unspecified atom stereocenters. The first-order chi connectivity index (χ1) is 18.9. The van der Waals surface area contributed by atoms with Crippen LogP contribution in [0.25, 0.3) is 11.4 Å². The Hall–Kier alpha value is -3.77. The van der Waals surface area contributed by atoms with E-state index in [9.17, 15) is 18.0 Å². The topological polar surface area (TPSA) is 138 Å². The number of hydrogen-bond donors (Lipinski definition) is 2. The number of aromatic amines is 1. The minimum atomic E-state index is -2.93. The molecule has 3 aromatic rings. The third-order valence-electron chi connectivity index (χ3n) is 6.86. The Bertz CT molecular complexity index is 1480. The molecule has 2 aliphatic heterocycles. The highest BCUT2D eigenvalue weighted by Crippen LogP contribution is 2.28. The third kappa shape index (κ3) is 6.86. The second-order valence-electron chi connectivity index (χ2n) is 11.3. The SMILES string of the molecule is CC(C)(C)OC(=O)N1CC(c2nc(-c3ccc(NC(=O)c4cccc(CN5CCS(=O)(=O)CC5)c4)cc3)n[nH]2)C1. The van der Waals surface area contributed by atoms with Gasteiger partial charge >= 0.3 is 6.09 Å². The van der Waals surface area contributed by atoms with E-state index < -0.39 is 15.4 Å². The summed E-state index contributed by atoms with van der Waals surface area (Å²) in [4.78, 5) is 33.4. The van der Waals surface area contributed by atoms with Gasteiger partial charge in [-0.3, -0.25) is 14.8 Å². The van der Waals surface area contributed by atoms with E-state index in [1.807, 2.05) is 51.1 Å². The number of nitrogens with zero attached hydrogens (tertiary/aromatic N) is 4. The molecule has 5 rings (SSSR count). The van der Waals surface area contributed by atoms with Gasteiger partial charge in [0.15, 0.2) is 15.7 Å². The summed E-state index contributed by atoms with van der Waals surface area (Å²) < 4.78 is 28.7. The number of rotatable bonds is 6. The summed E-state index contributed by atoms with van der Waals surface area (Å²) in [5.41, 5.74) is 2.41. The average molecular weight is 567 g/mol. The van der Waals surface area contributed by atoms with Gasteiger partial charge in [-0.25, -0.2) is 18.2 Å². The molecule has 0 atom stereocenters.